The molecule has 148 valence electrons. The van der Waals surface area contributed by atoms with Crippen LogP contribution < -0.4 is 0 Å². The first kappa shape index (κ1) is 19.2. The van der Waals surface area contributed by atoms with Crippen molar-refractivity contribution >= 4 is 11.8 Å². The average Bonchev–Trinajstić information content (AvgIpc) is 3.35. The first-order valence-electron chi connectivity index (χ1n) is 8.42. The second-order valence-electron chi connectivity index (χ2n) is 6.12. The van der Waals surface area contributed by atoms with Crippen molar-refractivity contribution < 1.29 is 22.1 Å². The predicted molar refractivity (Wildman–Crippen MR) is 98.8 cm³/mol. The summed E-state index contributed by atoms with van der Waals surface area (Å²) in [6.07, 6.45) is -4.39. The van der Waals surface area contributed by atoms with E-state index in [2.05, 4.69) is 20.3 Å². The molecule has 0 bridgehead atoms. The Kier molecular flexibility index (Phi) is 5.10. The van der Waals surface area contributed by atoms with E-state index in [0.717, 1.165) is 23.3 Å². The summed E-state index contributed by atoms with van der Waals surface area (Å²) in [4.78, 5) is 4.19. The lowest BCUT2D eigenvalue weighted by Gasteiger charge is -2.05. The predicted octanol–water partition coefficient (Wildman–Crippen LogP) is 5.41. The molecule has 0 atom stereocenters. The number of nitrogens with zero attached hydrogens (tertiary/aromatic N) is 4. The van der Waals surface area contributed by atoms with E-state index < -0.39 is 11.7 Å². The smallest absolute Gasteiger partial charge is 0.411 e. The van der Waals surface area contributed by atoms with Crippen molar-refractivity contribution in [3.05, 3.63) is 65.5 Å². The van der Waals surface area contributed by atoms with Crippen LogP contribution in [0.4, 0.5) is 13.2 Å². The molecule has 4 rings (SSSR count). The Morgan fingerprint density at radius 3 is 2.52 bits per heavy atom. The lowest BCUT2D eigenvalue weighted by Crippen LogP contribution is -2.04. The SMILES string of the molecule is Cc1cccc(-c2nnc(SCc3nc(-c4ccc(C(F)(F)F)cc4)no3)o2)c1. The van der Waals surface area contributed by atoms with Crippen molar-refractivity contribution in [2.45, 2.75) is 24.1 Å². The van der Waals surface area contributed by atoms with Crippen LogP contribution in [0.5, 0.6) is 0 Å². The molecule has 0 N–H and O–H groups in total. The van der Waals surface area contributed by atoms with Crippen molar-refractivity contribution in [2.24, 2.45) is 0 Å². The van der Waals surface area contributed by atoms with Gasteiger partial charge in [0.15, 0.2) is 0 Å². The highest BCUT2D eigenvalue weighted by Crippen LogP contribution is 2.31. The van der Waals surface area contributed by atoms with Gasteiger partial charge in [0.25, 0.3) is 5.22 Å². The van der Waals surface area contributed by atoms with Gasteiger partial charge in [0, 0.05) is 11.1 Å². The Morgan fingerprint density at radius 1 is 1.00 bits per heavy atom. The molecule has 4 aromatic rings. The molecule has 0 saturated heterocycles. The van der Waals surface area contributed by atoms with Gasteiger partial charge in [0.2, 0.25) is 17.6 Å². The number of thioether (sulfide) groups is 1. The zero-order chi connectivity index (χ0) is 20.4. The number of benzene rings is 2. The molecule has 0 fully saturated rings. The third kappa shape index (κ3) is 4.48. The van der Waals surface area contributed by atoms with Gasteiger partial charge in [-0.15, -0.1) is 10.2 Å². The summed E-state index contributed by atoms with van der Waals surface area (Å²) in [5.74, 6) is 1.19. The molecule has 0 aliphatic rings. The minimum Gasteiger partial charge on any atom is -0.411 e. The zero-order valence-electron chi connectivity index (χ0n) is 15.0. The Hall–Kier alpha value is -3.14. The van der Waals surface area contributed by atoms with Gasteiger partial charge in [-0.2, -0.15) is 18.2 Å². The number of aromatic nitrogens is 4. The molecule has 2 aromatic carbocycles. The van der Waals surface area contributed by atoms with Gasteiger partial charge in [-0.05, 0) is 31.2 Å². The Labute approximate surface area is 167 Å². The fraction of sp³-hybridized carbons (Fsp3) is 0.158. The minimum absolute atomic E-state index is 0.209. The number of alkyl halides is 3. The van der Waals surface area contributed by atoms with E-state index in [1.807, 2.05) is 31.2 Å². The van der Waals surface area contributed by atoms with Crippen molar-refractivity contribution in [1.82, 2.24) is 20.3 Å². The van der Waals surface area contributed by atoms with Gasteiger partial charge in [-0.1, -0.05) is 46.7 Å². The summed E-state index contributed by atoms with van der Waals surface area (Å²) in [6.45, 7) is 1.97. The maximum absolute atomic E-state index is 12.6. The fourth-order valence-corrected chi connectivity index (χ4v) is 3.13. The Bertz CT molecular complexity index is 1120. The maximum Gasteiger partial charge on any atom is 0.416 e. The quantitative estimate of drug-likeness (QED) is 0.401. The van der Waals surface area contributed by atoms with Gasteiger partial charge in [-0.3, -0.25) is 0 Å². The van der Waals surface area contributed by atoms with Crippen molar-refractivity contribution in [2.75, 3.05) is 0 Å². The normalized spacial score (nSPS) is 11.7. The Morgan fingerprint density at radius 2 is 1.79 bits per heavy atom. The lowest BCUT2D eigenvalue weighted by molar-refractivity contribution is -0.137. The second-order valence-corrected chi connectivity index (χ2v) is 7.04. The minimum atomic E-state index is -4.39. The van der Waals surface area contributed by atoms with E-state index >= 15 is 0 Å². The number of hydrogen-bond donors (Lipinski definition) is 0. The average molecular weight is 418 g/mol. The number of aryl methyl sites for hydroxylation is 1. The molecular formula is C19H13F3N4O2S. The molecule has 0 unspecified atom stereocenters. The van der Waals surface area contributed by atoms with Crippen LogP contribution in [0.25, 0.3) is 22.8 Å². The van der Waals surface area contributed by atoms with Crippen molar-refractivity contribution in [1.29, 1.82) is 0 Å². The number of halogens is 3. The van der Waals surface area contributed by atoms with Crippen molar-refractivity contribution in [3.8, 4) is 22.8 Å². The maximum atomic E-state index is 12.6. The third-order valence-electron chi connectivity index (χ3n) is 3.93. The highest BCUT2D eigenvalue weighted by Gasteiger charge is 2.30. The molecule has 2 aromatic heterocycles. The van der Waals surface area contributed by atoms with Gasteiger partial charge in [0.05, 0.1) is 11.3 Å². The first-order valence-corrected chi connectivity index (χ1v) is 9.40. The highest BCUT2D eigenvalue weighted by atomic mass is 32.2. The number of rotatable bonds is 5. The van der Waals surface area contributed by atoms with E-state index in [0.29, 0.717) is 22.6 Å². The lowest BCUT2D eigenvalue weighted by atomic mass is 10.1. The summed E-state index contributed by atoms with van der Waals surface area (Å²) in [7, 11) is 0. The van der Waals surface area contributed by atoms with E-state index in [4.69, 9.17) is 8.94 Å². The van der Waals surface area contributed by atoms with E-state index in [9.17, 15) is 13.2 Å². The standard InChI is InChI=1S/C19H13F3N4O2S/c1-11-3-2-4-13(9-11)17-24-25-18(27-17)29-10-15-23-16(26-28-15)12-5-7-14(8-6-12)19(20,21)22/h2-9H,10H2,1H3. The zero-order valence-corrected chi connectivity index (χ0v) is 15.8. The van der Waals surface area contributed by atoms with E-state index in [1.165, 1.54) is 23.9 Å². The van der Waals surface area contributed by atoms with Crippen LogP contribution in [0.3, 0.4) is 0 Å². The summed E-state index contributed by atoms with van der Waals surface area (Å²) in [5.41, 5.74) is 1.60. The Balaban J connectivity index is 1.41. The monoisotopic (exact) mass is 418 g/mol. The van der Waals surface area contributed by atoms with Gasteiger partial charge in [-0.25, -0.2) is 0 Å². The molecule has 10 heteroatoms. The molecule has 2 heterocycles. The van der Waals surface area contributed by atoms with Crippen LogP contribution in [-0.4, -0.2) is 20.3 Å². The molecule has 0 spiro atoms. The second kappa shape index (κ2) is 7.70. The molecule has 29 heavy (non-hydrogen) atoms. The van der Waals surface area contributed by atoms with E-state index in [1.54, 1.807) is 0 Å². The van der Waals surface area contributed by atoms with Crippen LogP contribution in [0.1, 0.15) is 17.0 Å². The van der Waals surface area contributed by atoms with Crippen LogP contribution in [0.2, 0.25) is 0 Å². The van der Waals surface area contributed by atoms with Crippen LogP contribution in [0.15, 0.2) is 62.7 Å². The summed E-state index contributed by atoms with van der Waals surface area (Å²) >= 11 is 1.22. The molecule has 0 aliphatic heterocycles. The number of hydrogen-bond acceptors (Lipinski definition) is 7. The molecule has 0 amide bonds. The fourth-order valence-electron chi connectivity index (χ4n) is 2.53. The first-order chi connectivity index (χ1) is 13.9. The largest absolute Gasteiger partial charge is 0.416 e. The van der Waals surface area contributed by atoms with Gasteiger partial charge < -0.3 is 8.94 Å². The van der Waals surface area contributed by atoms with Crippen molar-refractivity contribution in [3.63, 3.8) is 0 Å². The molecular weight excluding hydrogens is 405 g/mol. The summed E-state index contributed by atoms with van der Waals surface area (Å²) in [6, 6.07) is 12.3. The highest BCUT2D eigenvalue weighted by molar-refractivity contribution is 7.98. The van der Waals surface area contributed by atoms with Crippen LogP contribution >= 0.6 is 11.8 Å². The van der Waals surface area contributed by atoms with Crippen LogP contribution in [-0.2, 0) is 11.9 Å². The van der Waals surface area contributed by atoms with Gasteiger partial charge >= 0.3 is 6.18 Å². The molecule has 0 radical (unpaired) electrons. The van der Waals surface area contributed by atoms with Crippen LogP contribution in [0, 0.1) is 6.92 Å². The third-order valence-corrected chi connectivity index (χ3v) is 4.73. The summed E-state index contributed by atoms with van der Waals surface area (Å²) in [5, 5.41) is 12.2. The molecule has 0 aliphatic carbocycles. The molecule has 0 saturated carbocycles. The topological polar surface area (TPSA) is 77.8 Å². The molecule has 6 nitrogen and oxygen atoms in total. The van der Waals surface area contributed by atoms with Gasteiger partial charge in [0.1, 0.15) is 0 Å². The summed E-state index contributed by atoms with van der Waals surface area (Å²) < 4.78 is 48.7. The van der Waals surface area contributed by atoms with E-state index in [-0.39, 0.29) is 11.6 Å².